The van der Waals surface area contributed by atoms with Crippen molar-refractivity contribution in [2.45, 2.75) is 12.6 Å². The first-order valence-corrected chi connectivity index (χ1v) is 4.89. The Hall–Kier alpha value is -1.30. The van der Waals surface area contributed by atoms with Crippen molar-refractivity contribution < 1.29 is 13.2 Å². The molecule has 1 rings (SSSR count). The Morgan fingerprint density at radius 2 is 2.12 bits per heavy atom. The van der Waals surface area contributed by atoms with Crippen molar-refractivity contribution in [3.8, 4) is 0 Å². The summed E-state index contributed by atoms with van der Waals surface area (Å²) in [6.45, 7) is 1.14. The molecule has 0 unspecified atom stereocenters. The Morgan fingerprint density at radius 1 is 1.44 bits per heavy atom. The highest BCUT2D eigenvalue weighted by atomic mass is 19.4. The molecule has 3 nitrogen and oxygen atoms in total. The Balaban J connectivity index is 2.82. The summed E-state index contributed by atoms with van der Waals surface area (Å²) in [7, 11) is 1.73. The Morgan fingerprint density at radius 3 is 2.69 bits per heavy atom. The van der Waals surface area contributed by atoms with Crippen LogP contribution in [-0.2, 0) is 6.18 Å². The third-order valence-electron chi connectivity index (χ3n) is 2.17. The van der Waals surface area contributed by atoms with Gasteiger partial charge >= 0.3 is 6.18 Å². The zero-order valence-electron chi connectivity index (χ0n) is 8.96. The van der Waals surface area contributed by atoms with Crippen LogP contribution in [0.25, 0.3) is 0 Å². The minimum Gasteiger partial charge on any atom is -0.374 e. The van der Waals surface area contributed by atoms with Crippen LogP contribution in [0.1, 0.15) is 12.1 Å². The molecule has 0 aliphatic carbocycles. The topological polar surface area (TPSA) is 42.1 Å². The van der Waals surface area contributed by atoms with Crippen LogP contribution in [0.15, 0.2) is 18.3 Å². The van der Waals surface area contributed by atoms with Gasteiger partial charge in [0, 0.05) is 25.5 Å². The van der Waals surface area contributed by atoms with Crippen molar-refractivity contribution in [1.82, 2.24) is 4.98 Å². The molecule has 0 radical (unpaired) electrons. The van der Waals surface area contributed by atoms with Gasteiger partial charge in [-0.15, -0.1) is 0 Å². The fraction of sp³-hybridized carbons (Fsp3) is 0.500. The summed E-state index contributed by atoms with van der Waals surface area (Å²) in [6.07, 6.45) is -2.50. The van der Waals surface area contributed by atoms with E-state index >= 15 is 0 Å². The van der Waals surface area contributed by atoms with Gasteiger partial charge in [-0.3, -0.25) is 4.98 Å². The van der Waals surface area contributed by atoms with E-state index in [1.54, 1.807) is 18.0 Å². The highest BCUT2D eigenvalue weighted by Gasteiger charge is 2.32. The number of halogens is 3. The van der Waals surface area contributed by atoms with Gasteiger partial charge in [0.2, 0.25) is 0 Å². The number of alkyl halides is 3. The number of aromatic nitrogens is 1. The first kappa shape index (κ1) is 12.8. The second kappa shape index (κ2) is 5.16. The lowest BCUT2D eigenvalue weighted by atomic mass is 10.2. The van der Waals surface area contributed by atoms with E-state index < -0.39 is 11.9 Å². The number of hydrogen-bond donors (Lipinski definition) is 1. The van der Waals surface area contributed by atoms with Gasteiger partial charge in [0.05, 0.1) is 0 Å². The molecule has 1 aromatic rings. The van der Waals surface area contributed by atoms with Crippen LogP contribution in [0.4, 0.5) is 18.9 Å². The number of nitrogens with two attached hydrogens (primary N) is 1. The minimum absolute atomic E-state index is 0.496. The first-order chi connectivity index (χ1) is 7.45. The minimum atomic E-state index is -4.40. The molecule has 0 saturated heterocycles. The van der Waals surface area contributed by atoms with Gasteiger partial charge in [-0.25, -0.2) is 0 Å². The normalized spacial score (nSPS) is 11.6. The van der Waals surface area contributed by atoms with Crippen molar-refractivity contribution in [1.29, 1.82) is 0 Å². The van der Waals surface area contributed by atoms with E-state index in [-0.39, 0.29) is 0 Å². The van der Waals surface area contributed by atoms with Crippen LogP contribution in [-0.4, -0.2) is 25.1 Å². The van der Waals surface area contributed by atoms with E-state index in [4.69, 9.17) is 5.73 Å². The highest BCUT2D eigenvalue weighted by molar-refractivity contribution is 5.46. The second-order valence-corrected chi connectivity index (χ2v) is 3.46. The SMILES string of the molecule is CN(CCCN)c1ccnc(C(F)(F)F)c1. The van der Waals surface area contributed by atoms with E-state index in [9.17, 15) is 13.2 Å². The standard InChI is InChI=1S/C10H14F3N3/c1-16(6-2-4-14)8-3-5-15-9(7-8)10(11,12)13/h3,5,7H,2,4,6,14H2,1H3. The number of hydrogen-bond acceptors (Lipinski definition) is 3. The van der Waals surface area contributed by atoms with Crippen LogP contribution in [0.2, 0.25) is 0 Å². The molecule has 2 N–H and O–H groups in total. The molecular formula is C10H14F3N3. The van der Waals surface area contributed by atoms with Crippen molar-refractivity contribution in [3.05, 3.63) is 24.0 Å². The molecule has 0 saturated carbocycles. The predicted molar refractivity (Wildman–Crippen MR) is 56.2 cm³/mol. The Bertz CT molecular complexity index is 338. The summed E-state index contributed by atoms with van der Waals surface area (Å²) < 4.78 is 37.1. The number of anilines is 1. The van der Waals surface area contributed by atoms with Crippen molar-refractivity contribution >= 4 is 5.69 Å². The molecule has 0 aromatic carbocycles. The van der Waals surface area contributed by atoms with E-state index in [2.05, 4.69) is 4.98 Å². The zero-order chi connectivity index (χ0) is 12.2. The zero-order valence-corrected chi connectivity index (χ0v) is 8.96. The van der Waals surface area contributed by atoms with E-state index in [1.165, 1.54) is 0 Å². The third-order valence-corrected chi connectivity index (χ3v) is 2.17. The summed E-state index contributed by atoms with van der Waals surface area (Å²) in [4.78, 5) is 5.02. The quantitative estimate of drug-likeness (QED) is 0.863. The van der Waals surface area contributed by atoms with Gasteiger partial charge in [-0.2, -0.15) is 13.2 Å². The summed E-state index contributed by atoms with van der Waals surface area (Å²) in [5, 5.41) is 0. The van der Waals surface area contributed by atoms with Crippen LogP contribution in [0.3, 0.4) is 0 Å². The average molecular weight is 233 g/mol. The molecule has 16 heavy (non-hydrogen) atoms. The van der Waals surface area contributed by atoms with Gasteiger partial charge in [-0.05, 0) is 25.1 Å². The van der Waals surface area contributed by atoms with E-state index in [0.717, 1.165) is 18.7 Å². The molecule has 1 heterocycles. The van der Waals surface area contributed by atoms with E-state index in [0.29, 0.717) is 18.8 Å². The number of rotatable bonds is 4. The Kier molecular flexibility index (Phi) is 4.12. The molecule has 0 atom stereocenters. The maximum absolute atomic E-state index is 12.4. The largest absolute Gasteiger partial charge is 0.433 e. The molecule has 0 spiro atoms. The van der Waals surface area contributed by atoms with Crippen LogP contribution in [0, 0.1) is 0 Å². The summed E-state index contributed by atoms with van der Waals surface area (Å²) in [5.41, 5.74) is 4.96. The van der Waals surface area contributed by atoms with Crippen molar-refractivity contribution in [2.24, 2.45) is 5.73 Å². The van der Waals surface area contributed by atoms with Crippen molar-refractivity contribution in [3.63, 3.8) is 0 Å². The van der Waals surface area contributed by atoms with Crippen molar-refractivity contribution in [2.75, 3.05) is 25.0 Å². The Labute approximate surface area is 92.1 Å². The molecular weight excluding hydrogens is 219 g/mol. The average Bonchev–Trinajstić information content (AvgIpc) is 2.25. The van der Waals surface area contributed by atoms with Crippen LogP contribution >= 0.6 is 0 Å². The number of nitrogens with zero attached hydrogens (tertiary/aromatic N) is 2. The van der Waals surface area contributed by atoms with Gasteiger partial charge in [0.15, 0.2) is 0 Å². The van der Waals surface area contributed by atoms with Gasteiger partial charge < -0.3 is 10.6 Å². The predicted octanol–water partition coefficient (Wildman–Crippen LogP) is 1.89. The van der Waals surface area contributed by atoms with Crippen LogP contribution < -0.4 is 10.6 Å². The highest BCUT2D eigenvalue weighted by Crippen LogP contribution is 2.29. The molecule has 1 aromatic heterocycles. The lowest BCUT2D eigenvalue weighted by Gasteiger charge is -2.19. The maximum Gasteiger partial charge on any atom is 0.433 e. The molecule has 90 valence electrons. The molecule has 0 amide bonds. The molecule has 0 bridgehead atoms. The number of pyridine rings is 1. The fourth-order valence-electron chi connectivity index (χ4n) is 1.27. The van der Waals surface area contributed by atoms with Gasteiger partial charge in [0.1, 0.15) is 5.69 Å². The summed E-state index contributed by atoms with van der Waals surface area (Å²) >= 11 is 0. The maximum atomic E-state index is 12.4. The molecule has 0 aliphatic rings. The fourth-order valence-corrected chi connectivity index (χ4v) is 1.27. The van der Waals surface area contributed by atoms with Crippen LogP contribution in [0.5, 0.6) is 0 Å². The lowest BCUT2D eigenvalue weighted by molar-refractivity contribution is -0.141. The molecule has 0 fully saturated rings. The van der Waals surface area contributed by atoms with E-state index in [1.807, 2.05) is 0 Å². The second-order valence-electron chi connectivity index (χ2n) is 3.46. The lowest BCUT2D eigenvalue weighted by Crippen LogP contribution is -2.21. The summed E-state index contributed by atoms with van der Waals surface area (Å²) in [5.74, 6) is 0. The third kappa shape index (κ3) is 3.37. The molecule has 0 aliphatic heterocycles. The van der Waals surface area contributed by atoms with Gasteiger partial charge in [0.25, 0.3) is 0 Å². The summed E-state index contributed by atoms with van der Waals surface area (Å²) in [6, 6.07) is 2.59. The molecule has 6 heteroatoms. The smallest absolute Gasteiger partial charge is 0.374 e. The van der Waals surface area contributed by atoms with Gasteiger partial charge in [-0.1, -0.05) is 0 Å². The monoisotopic (exact) mass is 233 g/mol. The first-order valence-electron chi connectivity index (χ1n) is 4.89.